The van der Waals surface area contributed by atoms with Gasteiger partial charge in [0, 0.05) is 75.8 Å². The van der Waals surface area contributed by atoms with Crippen molar-refractivity contribution in [3.8, 4) is 5.88 Å². The molecule has 1 aromatic heterocycles. The zero-order chi connectivity index (χ0) is 16.4. The second-order valence-electron chi connectivity index (χ2n) is 7.30. The molecule has 3 aliphatic rings. The van der Waals surface area contributed by atoms with E-state index in [1.165, 1.54) is 18.5 Å². The number of ether oxygens (including phenoxy) is 1. The van der Waals surface area contributed by atoms with Gasteiger partial charge in [-0.05, 0) is 26.0 Å². The summed E-state index contributed by atoms with van der Waals surface area (Å²) in [5, 5.41) is 3.54. The van der Waals surface area contributed by atoms with Gasteiger partial charge in [-0.2, -0.15) is 0 Å². The Hall–Kier alpha value is -1.37. The molecule has 24 heavy (non-hydrogen) atoms. The van der Waals surface area contributed by atoms with Gasteiger partial charge in [0.1, 0.15) is 6.61 Å². The molecule has 3 saturated heterocycles. The Bertz CT molecular complexity index is 530. The van der Waals surface area contributed by atoms with Crippen molar-refractivity contribution in [2.24, 2.45) is 0 Å². The predicted octanol–water partition coefficient (Wildman–Crippen LogP) is 0.648. The summed E-state index contributed by atoms with van der Waals surface area (Å²) < 4.78 is 5.95. The Morgan fingerprint density at radius 2 is 1.92 bits per heavy atom. The Balaban J connectivity index is 1.32. The summed E-state index contributed by atoms with van der Waals surface area (Å²) in [6.45, 7) is 8.47. The van der Waals surface area contributed by atoms with Gasteiger partial charge in [-0.15, -0.1) is 0 Å². The number of rotatable bonds is 5. The van der Waals surface area contributed by atoms with Crippen molar-refractivity contribution in [2.45, 2.75) is 24.9 Å². The molecule has 2 bridgehead atoms. The first-order valence-electron chi connectivity index (χ1n) is 9.28. The molecule has 0 saturated carbocycles. The van der Waals surface area contributed by atoms with Crippen molar-refractivity contribution in [3.05, 3.63) is 18.3 Å². The monoisotopic (exact) mass is 331 g/mol. The number of fused-ring (bicyclic) bond motifs is 2. The highest BCUT2D eigenvalue weighted by molar-refractivity contribution is 5.52. The number of hydrogen-bond donors (Lipinski definition) is 1. The second kappa shape index (κ2) is 7.25. The number of nitrogens with zero attached hydrogens (tertiary/aromatic N) is 4. The van der Waals surface area contributed by atoms with Gasteiger partial charge < -0.3 is 19.9 Å². The zero-order valence-corrected chi connectivity index (χ0v) is 14.7. The van der Waals surface area contributed by atoms with E-state index in [0.717, 1.165) is 51.7 Å². The van der Waals surface area contributed by atoms with E-state index in [1.807, 2.05) is 6.20 Å². The van der Waals surface area contributed by atoms with Crippen LogP contribution in [0.15, 0.2) is 18.3 Å². The van der Waals surface area contributed by atoms with Gasteiger partial charge in [0.15, 0.2) is 0 Å². The Labute approximate surface area is 144 Å². The van der Waals surface area contributed by atoms with Gasteiger partial charge in [-0.1, -0.05) is 0 Å². The van der Waals surface area contributed by atoms with Crippen LogP contribution in [0.4, 0.5) is 5.69 Å². The minimum Gasteiger partial charge on any atom is -0.476 e. The van der Waals surface area contributed by atoms with Gasteiger partial charge in [-0.3, -0.25) is 4.90 Å². The van der Waals surface area contributed by atoms with E-state index in [-0.39, 0.29) is 0 Å². The van der Waals surface area contributed by atoms with Crippen LogP contribution in [0.1, 0.15) is 12.8 Å². The van der Waals surface area contributed by atoms with Crippen LogP contribution in [-0.2, 0) is 0 Å². The van der Waals surface area contributed by atoms with Gasteiger partial charge in [0.25, 0.3) is 0 Å². The SMILES string of the molecule is CN1CCN(CCOc2cc(N3C4CCC3CNC4)ccn2)CC1. The Morgan fingerprint density at radius 1 is 1.17 bits per heavy atom. The summed E-state index contributed by atoms with van der Waals surface area (Å²) in [6.07, 6.45) is 4.47. The van der Waals surface area contributed by atoms with Crippen LogP contribution in [0, 0.1) is 0 Å². The third-order valence-corrected chi connectivity index (χ3v) is 5.65. The molecular formula is C18H29N5O. The molecule has 0 aliphatic carbocycles. The maximum Gasteiger partial charge on any atom is 0.215 e. The van der Waals surface area contributed by atoms with E-state index in [2.05, 4.69) is 44.2 Å². The van der Waals surface area contributed by atoms with Crippen LogP contribution in [0.5, 0.6) is 5.88 Å². The molecule has 0 aromatic carbocycles. The van der Waals surface area contributed by atoms with Crippen LogP contribution < -0.4 is 15.0 Å². The predicted molar refractivity (Wildman–Crippen MR) is 95.8 cm³/mol. The fraction of sp³-hybridized carbons (Fsp3) is 0.722. The molecule has 132 valence electrons. The van der Waals surface area contributed by atoms with Crippen LogP contribution >= 0.6 is 0 Å². The highest BCUT2D eigenvalue weighted by Crippen LogP contribution is 2.33. The van der Waals surface area contributed by atoms with Crippen molar-refractivity contribution in [1.82, 2.24) is 20.1 Å². The van der Waals surface area contributed by atoms with E-state index in [0.29, 0.717) is 18.7 Å². The van der Waals surface area contributed by atoms with Gasteiger partial charge in [-0.25, -0.2) is 4.98 Å². The number of nitrogens with one attached hydrogen (secondary N) is 1. The van der Waals surface area contributed by atoms with Crippen molar-refractivity contribution in [2.75, 3.05) is 64.4 Å². The Kier molecular flexibility index (Phi) is 4.87. The number of anilines is 1. The quantitative estimate of drug-likeness (QED) is 0.855. The number of piperazine rings is 2. The van der Waals surface area contributed by atoms with Crippen molar-refractivity contribution in [3.63, 3.8) is 0 Å². The normalized spacial score (nSPS) is 28.3. The molecular weight excluding hydrogens is 302 g/mol. The third-order valence-electron chi connectivity index (χ3n) is 5.65. The Morgan fingerprint density at radius 3 is 2.67 bits per heavy atom. The summed E-state index contributed by atoms with van der Waals surface area (Å²) in [7, 11) is 2.19. The van der Waals surface area contributed by atoms with Gasteiger partial charge in [0.05, 0.1) is 0 Å². The lowest BCUT2D eigenvalue weighted by Gasteiger charge is -2.37. The molecule has 4 rings (SSSR count). The molecule has 6 nitrogen and oxygen atoms in total. The molecule has 2 unspecified atom stereocenters. The number of aromatic nitrogens is 1. The number of likely N-dealkylation sites (N-methyl/N-ethyl adjacent to an activating group) is 1. The maximum atomic E-state index is 5.95. The molecule has 1 N–H and O–H groups in total. The second-order valence-corrected chi connectivity index (χ2v) is 7.30. The molecule has 0 radical (unpaired) electrons. The summed E-state index contributed by atoms with van der Waals surface area (Å²) in [6, 6.07) is 5.51. The molecule has 1 aromatic rings. The van der Waals surface area contributed by atoms with Crippen LogP contribution in [-0.4, -0.2) is 86.3 Å². The topological polar surface area (TPSA) is 43.9 Å². The average Bonchev–Trinajstić information content (AvgIpc) is 2.86. The molecule has 6 heteroatoms. The first-order valence-corrected chi connectivity index (χ1v) is 9.28. The first-order chi connectivity index (χ1) is 11.8. The zero-order valence-electron chi connectivity index (χ0n) is 14.7. The standard InChI is InChI=1S/C18H29N5O/c1-21-6-8-22(9-7-21)10-11-24-18-12-15(4-5-20-18)23-16-2-3-17(23)14-19-13-16/h4-5,12,16-17,19H,2-3,6-11,13-14H2,1H3. The largest absolute Gasteiger partial charge is 0.476 e. The molecule has 0 amide bonds. The van der Waals surface area contributed by atoms with Crippen LogP contribution in [0.25, 0.3) is 0 Å². The number of pyridine rings is 1. The smallest absolute Gasteiger partial charge is 0.215 e. The fourth-order valence-corrected chi connectivity index (χ4v) is 4.19. The molecule has 2 atom stereocenters. The van der Waals surface area contributed by atoms with E-state index < -0.39 is 0 Å². The fourth-order valence-electron chi connectivity index (χ4n) is 4.19. The lowest BCUT2D eigenvalue weighted by Crippen LogP contribution is -2.52. The minimum absolute atomic E-state index is 0.629. The van der Waals surface area contributed by atoms with Crippen molar-refractivity contribution in [1.29, 1.82) is 0 Å². The molecule has 3 aliphatic heterocycles. The maximum absolute atomic E-state index is 5.95. The number of hydrogen-bond acceptors (Lipinski definition) is 6. The average molecular weight is 331 g/mol. The third kappa shape index (κ3) is 3.50. The van der Waals surface area contributed by atoms with Gasteiger partial charge in [0.2, 0.25) is 5.88 Å². The lowest BCUT2D eigenvalue weighted by atomic mass is 10.2. The summed E-state index contributed by atoms with van der Waals surface area (Å²) in [4.78, 5) is 11.8. The van der Waals surface area contributed by atoms with E-state index in [1.54, 1.807) is 0 Å². The van der Waals surface area contributed by atoms with Crippen molar-refractivity contribution >= 4 is 5.69 Å². The summed E-state index contributed by atoms with van der Waals surface area (Å²) in [5.74, 6) is 0.763. The van der Waals surface area contributed by atoms with Crippen molar-refractivity contribution < 1.29 is 4.74 Å². The summed E-state index contributed by atoms with van der Waals surface area (Å²) >= 11 is 0. The van der Waals surface area contributed by atoms with Crippen LogP contribution in [0.2, 0.25) is 0 Å². The van der Waals surface area contributed by atoms with E-state index >= 15 is 0 Å². The van der Waals surface area contributed by atoms with Crippen LogP contribution in [0.3, 0.4) is 0 Å². The van der Waals surface area contributed by atoms with E-state index in [4.69, 9.17) is 4.74 Å². The summed E-state index contributed by atoms with van der Waals surface area (Å²) in [5.41, 5.74) is 1.27. The highest BCUT2D eigenvalue weighted by atomic mass is 16.5. The van der Waals surface area contributed by atoms with E-state index in [9.17, 15) is 0 Å². The molecule has 3 fully saturated rings. The van der Waals surface area contributed by atoms with Gasteiger partial charge >= 0.3 is 0 Å². The lowest BCUT2D eigenvalue weighted by molar-refractivity contribution is 0.132. The minimum atomic E-state index is 0.629. The molecule has 0 spiro atoms. The first kappa shape index (κ1) is 16.1. The molecule has 4 heterocycles. The highest BCUT2D eigenvalue weighted by Gasteiger charge is 2.36.